The van der Waals surface area contributed by atoms with Gasteiger partial charge in [-0.05, 0) is 37.2 Å². The van der Waals surface area contributed by atoms with Crippen LogP contribution in [0.3, 0.4) is 0 Å². The molecule has 0 saturated carbocycles. The summed E-state index contributed by atoms with van der Waals surface area (Å²) in [6.45, 7) is 5.93. The Morgan fingerprint density at radius 1 is 1.30 bits per heavy atom. The summed E-state index contributed by atoms with van der Waals surface area (Å²) in [6.07, 6.45) is 2.42. The van der Waals surface area contributed by atoms with Crippen LogP contribution in [0, 0.1) is 5.41 Å². The molecule has 3 amide bonds. The second-order valence-electron chi connectivity index (χ2n) is 7.65. The minimum Gasteiger partial charge on any atom is -0.666 e. The van der Waals surface area contributed by atoms with Crippen LogP contribution < -0.4 is 5.32 Å². The fourth-order valence-corrected chi connectivity index (χ4v) is 3.38. The molecule has 1 heterocycles. The molecule has 0 aromatic heterocycles. The van der Waals surface area contributed by atoms with Crippen LogP contribution in [0.5, 0.6) is 0 Å². The predicted octanol–water partition coefficient (Wildman–Crippen LogP) is 2.72. The number of amides is 3. The fourth-order valence-electron chi connectivity index (χ4n) is 3.38. The van der Waals surface area contributed by atoms with Gasteiger partial charge in [-0.1, -0.05) is 44.2 Å². The van der Waals surface area contributed by atoms with Crippen LogP contribution in [0.1, 0.15) is 45.6 Å². The van der Waals surface area contributed by atoms with E-state index < -0.39 is 23.4 Å². The normalized spacial score (nSPS) is 20.2. The van der Waals surface area contributed by atoms with Crippen LogP contribution in [0.4, 0.5) is 0 Å². The van der Waals surface area contributed by atoms with Crippen molar-refractivity contribution in [2.24, 2.45) is 5.41 Å². The zero-order valence-corrected chi connectivity index (χ0v) is 19.2. The third-order valence-electron chi connectivity index (χ3n) is 5.17. The minimum atomic E-state index is -0.792. The summed E-state index contributed by atoms with van der Waals surface area (Å²) in [5.41, 5.74) is 8.00. The van der Waals surface area contributed by atoms with Crippen LogP contribution in [-0.2, 0) is 53.5 Å². The summed E-state index contributed by atoms with van der Waals surface area (Å²) < 4.78 is 0. The Labute approximate surface area is 186 Å². The topological polar surface area (TPSA) is 90.3 Å². The van der Waals surface area contributed by atoms with Gasteiger partial charge in [-0.2, -0.15) is 0 Å². The van der Waals surface area contributed by atoms with Crippen molar-refractivity contribution in [3.05, 3.63) is 41.6 Å². The number of rotatable bonds is 6. The molecule has 0 aliphatic carbocycles. The molecule has 2 atom stereocenters. The maximum atomic E-state index is 13.0. The maximum Gasteiger partial charge on any atom is 0.246 e. The van der Waals surface area contributed by atoms with E-state index in [2.05, 4.69) is 5.32 Å². The van der Waals surface area contributed by atoms with Crippen molar-refractivity contribution in [2.45, 2.75) is 58.5 Å². The molecule has 145 valence electrons. The van der Waals surface area contributed by atoms with Gasteiger partial charge in [0.25, 0.3) is 0 Å². The third kappa shape index (κ3) is 6.39. The van der Waals surface area contributed by atoms with Crippen LogP contribution in [0.2, 0.25) is 0 Å². The number of hydrogen-bond acceptors (Lipinski definition) is 3. The van der Waals surface area contributed by atoms with Crippen molar-refractivity contribution in [2.75, 3.05) is 6.54 Å². The summed E-state index contributed by atoms with van der Waals surface area (Å²) in [5, 5.41) is 2.89. The van der Waals surface area contributed by atoms with E-state index in [1.165, 1.54) is 4.90 Å². The first-order valence-electron chi connectivity index (χ1n) is 9.11. The van der Waals surface area contributed by atoms with Crippen molar-refractivity contribution < 1.29 is 47.1 Å². The van der Waals surface area contributed by atoms with Gasteiger partial charge in [-0.15, -0.1) is 0 Å². The van der Waals surface area contributed by atoms with Gasteiger partial charge in [0, 0.05) is 45.7 Å². The fraction of sp³-hybridized carbons (Fsp3) is 0.550. The number of aryl methyl sites for hydroxylation is 1. The van der Waals surface area contributed by atoms with Crippen molar-refractivity contribution in [1.82, 2.24) is 10.2 Å². The molecular formula is C20H28N3O3Y-. The van der Waals surface area contributed by atoms with Crippen molar-refractivity contribution in [3.8, 4) is 0 Å². The SMILES string of the molecule is C[C@@H](C([NH-])=O)N1CCCC(C)(C)[C@H](NC(=O)CCc2ccccc2)C1=O.[Y]. The van der Waals surface area contributed by atoms with E-state index in [9.17, 15) is 14.4 Å². The molecule has 0 bridgehead atoms. The first-order chi connectivity index (χ1) is 12.2. The van der Waals surface area contributed by atoms with E-state index in [-0.39, 0.29) is 44.5 Å². The monoisotopic (exact) mass is 447 g/mol. The molecule has 6 nitrogen and oxygen atoms in total. The Morgan fingerprint density at radius 3 is 2.52 bits per heavy atom. The molecule has 1 aliphatic rings. The molecule has 1 radical (unpaired) electrons. The number of carbonyl (C=O) groups is 3. The Hall–Kier alpha value is -1.27. The molecule has 1 aromatic carbocycles. The van der Waals surface area contributed by atoms with Gasteiger partial charge in [0.15, 0.2) is 0 Å². The van der Waals surface area contributed by atoms with Gasteiger partial charge in [0.05, 0.1) is 11.9 Å². The third-order valence-corrected chi connectivity index (χ3v) is 5.17. The number of nitrogens with zero attached hydrogens (tertiary/aromatic N) is 1. The standard InChI is InChI=1S/C20H29N3O3.Y/c1-14(18(21)25)23-13-7-12-20(2,3)17(19(23)26)22-16(24)11-10-15-8-5-4-6-9-15;/h4-6,8-9,14,17H,7,10-13H2,1-3H3,(H3,21,22,24,25);/p-1/t14-,17+;/m0./s1. The summed E-state index contributed by atoms with van der Waals surface area (Å²) in [7, 11) is 0. The van der Waals surface area contributed by atoms with Gasteiger partial charge in [0.1, 0.15) is 6.04 Å². The smallest absolute Gasteiger partial charge is 0.246 e. The number of hydrogen-bond donors (Lipinski definition) is 1. The molecule has 1 aromatic rings. The number of carbonyl (C=O) groups excluding carboxylic acids is 3. The Morgan fingerprint density at radius 2 is 1.93 bits per heavy atom. The predicted molar refractivity (Wildman–Crippen MR) is 100 cm³/mol. The Kier molecular flexibility index (Phi) is 9.09. The molecule has 1 aliphatic heterocycles. The van der Waals surface area contributed by atoms with Crippen LogP contribution in [0.25, 0.3) is 5.73 Å². The number of nitrogens with one attached hydrogen (secondary N) is 2. The van der Waals surface area contributed by atoms with Crippen molar-refractivity contribution >= 4 is 17.7 Å². The molecule has 1 saturated heterocycles. The minimum absolute atomic E-state index is 0. The summed E-state index contributed by atoms with van der Waals surface area (Å²) >= 11 is 0. The number of likely N-dealkylation sites (tertiary alicyclic amines) is 1. The van der Waals surface area contributed by atoms with Crippen molar-refractivity contribution in [1.29, 1.82) is 0 Å². The van der Waals surface area contributed by atoms with Gasteiger partial charge < -0.3 is 20.7 Å². The summed E-state index contributed by atoms with van der Waals surface area (Å²) in [4.78, 5) is 38.3. The van der Waals surface area contributed by atoms with E-state index in [4.69, 9.17) is 5.73 Å². The largest absolute Gasteiger partial charge is 0.666 e. The molecule has 27 heavy (non-hydrogen) atoms. The molecule has 1 fully saturated rings. The first-order valence-corrected chi connectivity index (χ1v) is 9.11. The molecule has 0 unspecified atom stereocenters. The molecule has 7 heteroatoms. The van der Waals surface area contributed by atoms with Gasteiger partial charge >= 0.3 is 0 Å². The van der Waals surface area contributed by atoms with Crippen LogP contribution in [-0.4, -0.2) is 41.2 Å². The Balaban J connectivity index is 0.00000364. The first kappa shape index (κ1) is 23.8. The van der Waals surface area contributed by atoms with Crippen molar-refractivity contribution in [3.63, 3.8) is 0 Å². The average Bonchev–Trinajstić information content (AvgIpc) is 2.71. The average molecular weight is 447 g/mol. The molecular weight excluding hydrogens is 419 g/mol. The van der Waals surface area contributed by atoms with Crippen LogP contribution >= 0.6 is 0 Å². The van der Waals surface area contributed by atoms with E-state index >= 15 is 0 Å². The maximum absolute atomic E-state index is 13.0. The van der Waals surface area contributed by atoms with E-state index in [1.807, 2.05) is 44.2 Å². The summed E-state index contributed by atoms with van der Waals surface area (Å²) in [6, 6.07) is 8.26. The van der Waals surface area contributed by atoms with E-state index in [0.717, 1.165) is 18.4 Å². The summed E-state index contributed by atoms with van der Waals surface area (Å²) in [5.74, 6) is -1.23. The zero-order chi connectivity index (χ0) is 19.3. The van der Waals surface area contributed by atoms with Crippen LogP contribution in [0.15, 0.2) is 30.3 Å². The molecule has 2 N–H and O–H groups in total. The molecule has 2 rings (SSSR count). The molecule has 0 spiro atoms. The van der Waals surface area contributed by atoms with Gasteiger partial charge in [0.2, 0.25) is 11.8 Å². The zero-order valence-electron chi connectivity index (χ0n) is 16.3. The quantitative estimate of drug-likeness (QED) is 0.727. The van der Waals surface area contributed by atoms with Gasteiger partial charge in [-0.25, -0.2) is 0 Å². The second-order valence-corrected chi connectivity index (χ2v) is 7.65. The number of benzene rings is 1. The second kappa shape index (κ2) is 10.3. The van der Waals surface area contributed by atoms with Gasteiger partial charge in [-0.3, -0.25) is 9.59 Å². The van der Waals surface area contributed by atoms with E-state index in [0.29, 0.717) is 19.4 Å². The van der Waals surface area contributed by atoms with E-state index in [1.54, 1.807) is 6.92 Å². The Bertz CT molecular complexity index is 664.